The highest BCUT2D eigenvalue weighted by atomic mass is 16.5. The van der Waals surface area contributed by atoms with Gasteiger partial charge in [0.05, 0.1) is 6.26 Å². The molecule has 6 heteroatoms. The fourth-order valence-electron chi connectivity index (χ4n) is 1.60. The molecule has 0 aliphatic carbocycles. The van der Waals surface area contributed by atoms with E-state index < -0.39 is 0 Å². The summed E-state index contributed by atoms with van der Waals surface area (Å²) >= 11 is 0. The number of nitrogens with zero attached hydrogens (tertiary/aromatic N) is 2. The van der Waals surface area contributed by atoms with Crippen molar-refractivity contribution in [3.8, 4) is 11.5 Å². The summed E-state index contributed by atoms with van der Waals surface area (Å²) in [7, 11) is 3.99. The van der Waals surface area contributed by atoms with E-state index in [1.807, 2.05) is 14.1 Å². The van der Waals surface area contributed by atoms with Crippen LogP contribution in [-0.2, 0) is 0 Å². The van der Waals surface area contributed by atoms with E-state index in [1.165, 1.54) is 0 Å². The lowest BCUT2D eigenvalue weighted by atomic mass is 10.3. The number of aromatic nitrogens is 1. The second-order valence-electron chi connectivity index (χ2n) is 4.47. The molecule has 1 amide bonds. The first-order valence-corrected chi connectivity index (χ1v) is 6.10. The van der Waals surface area contributed by atoms with E-state index >= 15 is 0 Å². The average molecular weight is 263 g/mol. The highest BCUT2D eigenvalue weighted by Crippen LogP contribution is 2.20. The van der Waals surface area contributed by atoms with Crippen molar-refractivity contribution in [2.45, 2.75) is 6.42 Å². The number of furan rings is 1. The molecule has 19 heavy (non-hydrogen) atoms. The third-order valence-electron chi connectivity index (χ3n) is 2.57. The van der Waals surface area contributed by atoms with Gasteiger partial charge >= 0.3 is 0 Å². The normalized spacial score (nSPS) is 10.9. The zero-order valence-corrected chi connectivity index (χ0v) is 11.0. The van der Waals surface area contributed by atoms with Gasteiger partial charge in [0.2, 0.25) is 5.76 Å². The maximum atomic E-state index is 11.8. The van der Waals surface area contributed by atoms with Crippen LogP contribution in [0.3, 0.4) is 0 Å². The second kappa shape index (κ2) is 6.19. The first-order chi connectivity index (χ1) is 9.16. The van der Waals surface area contributed by atoms with Crippen LogP contribution in [0.4, 0.5) is 0 Å². The van der Waals surface area contributed by atoms with Gasteiger partial charge in [-0.15, -0.1) is 0 Å². The van der Waals surface area contributed by atoms with E-state index in [-0.39, 0.29) is 11.6 Å². The van der Waals surface area contributed by atoms with Gasteiger partial charge in [0, 0.05) is 12.6 Å². The molecule has 0 aliphatic heterocycles. The summed E-state index contributed by atoms with van der Waals surface area (Å²) in [5, 5.41) is 6.52. The lowest BCUT2D eigenvalue weighted by molar-refractivity contribution is 0.0943. The molecule has 0 unspecified atom stereocenters. The minimum atomic E-state index is -0.236. The van der Waals surface area contributed by atoms with E-state index in [9.17, 15) is 4.79 Å². The van der Waals surface area contributed by atoms with Crippen molar-refractivity contribution in [1.29, 1.82) is 0 Å². The van der Waals surface area contributed by atoms with Crippen LogP contribution >= 0.6 is 0 Å². The fraction of sp³-hybridized carbons (Fsp3) is 0.385. The third-order valence-corrected chi connectivity index (χ3v) is 2.57. The number of rotatable bonds is 6. The lowest BCUT2D eigenvalue weighted by Crippen LogP contribution is -2.27. The predicted octanol–water partition coefficient (Wildman–Crippen LogP) is 1.62. The van der Waals surface area contributed by atoms with Crippen molar-refractivity contribution in [1.82, 2.24) is 15.4 Å². The number of carbonyl (C=O) groups excluding carboxylic acids is 1. The van der Waals surface area contributed by atoms with Gasteiger partial charge in [0.25, 0.3) is 5.91 Å². The Labute approximate surface area is 111 Å². The van der Waals surface area contributed by atoms with E-state index in [0.29, 0.717) is 18.1 Å². The molecule has 0 saturated carbocycles. The van der Waals surface area contributed by atoms with Gasteiger partial charge in [-0.2, -0.15) is 0 Å². The van der Waals surface area contributed by atoms with Crippen molar-refractivity contribution in [2.24, 2.45) is 0 Å². The first kappa shape index (κ1) is 13.4. The topological polar surface area (TPSA) is 71.5 Å². The highest BCUT2D eigenvalue weighted by molar-refractivity contribution is 5.92. The van der Waals surface area contributed by atoms with E-state index in [2.05, 4.69) is 15.4 Å². The first-order valence-electron chi connectivity index (χ1n) is 6.10. The fourth-order valence-corrected chi connectivity index (χ4v) is 1.60. The molecule has 0 aromatic carbocycles. The maximum absolute atomic E-state index is 11.8. The summed E-state index contributed by atoms with van der Waals surface area (Å²) in [5.74, 6) is 0.767. The lowest BCUT2D eigenvalue weighted by Gasteiger charge is -2.08. The molecule has 2 rings (SSSR count). The van der Waals surface area contributed by atoms with Crippen LogP contribution in [-0.4, -0.2) is 43.1 Å². The van der Waals surface area contributed by atoms with Crippen molar-refractivity contribution in [3.63, 3.8) is 0 Å². The molecule has 0 bridgehead atoms. The average Bonchev–Trinajstić information content (AvgIpc) is 3.03. The molecule has 2 aromatic rings. The number of hydrogen-bond acceptors (Lipinski definition) is 5. The van der Waals surface area contributed by atoms with Crippen molar-refractivity contribution in [2.75, 3.05) is 27.2 Å². The monoisotopic (exact) mass is 263 g/mol. The Balaban J connectivity index is 1.86. The van der Waals surface area contributed by atoms with Crippen LogP contribution in [0.25, 0.3) is 11.5 Å². The van der Waals surface area contributed by atoms with Gasteiger partial charge in [-0.05, 0) is 39.2 Å². The molecule has 0 spiro atoms. The molecular weight excluding hydrogens is 246 g/mol. The molecule has 0 radical (unpaired) electrons. The van der Waals surface area contributed by atoms with Crippen LogP contribution in [0.15, 0.2) is 33.4 Å². The number of carbonyl (C=O) groups is 1. The third kappa shape index (κ3) is 3.69. The molecule has 0 saturated heterocycles. The van der Waals surface area contributed by atoms with Gasteiger partial charge in [-0.1, -0.05) is 5.16 Å². The number of amides is 1. The largest absolute Gasteiger partial charge is 0.461 e. The summed E-state index contributed by atoms with van der Waals surface area (Å²) in [4.78, 5) is 13.9. The zero-order chi connectivity index (χ0) is 13.7. The van der Waals surface area contributed by atoms with Crippen molar-refractivity contribution >= 4 is 5.91 Å². The maximum Gasteiger partial charge on any atom is 0.273 e. The van der Waals surface area contributed by atoms with Crippen LogP contribution in [0.1, 0.15) is 16.9 Å². The molecule has 2 heterocycles. The Bertz CT molecular complexity index is 517. The SMILES string of the molecule is CN(C)CCCNC(=O)c1cc(-c2ccco2)on1. The zero-order valence-electron chi connectivity index (χ0n) is 11.0. The Morgan fingerprint density at radius 2 is 2.26 bits per heavy atom. The number of nitrogens with one attached hydrogen (secondary N) is 1. The Kier molecular flexibility index (Phi) is 4.35. The van der Waals surface area contributed by atoms with Crippen LogP contribution in [0.5, 0.6) is 0 Å². The molecule has 0 atom stereocenters. The molecule has 0 fully saturated rings. The Morgan fingerprint density at radius 1 is 1.42 bits per heavy atom. The van der Waals surface area contributed by atoms with Crippen LogP contribution < -0.4 is 5.32 Å². The van der Waals surface area contributed by atoms with E-state index in [1.54, 1.807) is 24.5 Å². The summed E-state index contributed by atoms with van der Waals surface area (Å²) in [6.45, 7) is 1.54. The molecule has 0 aliphatic rings. The number of hydrogen-bond donors (Lipinski definition) is 1. The van der Waals surface area contributed by atoms with Gasteiger partial charge < -0.3 is 19.2 Å². The molecule has 2 aromatic heterocycles. The van der Waals surface area contributed by atoms with E-state index in [0.717, 1.165) is 13.0 Å². The van der Waals surface area contributed by atoms with Gasteiger partial charge in [-0.25, -0.2) is 0 Å². The Morgan fingerprint density at radius 3 is 2.95 bits per heavy atom. The standard InChI is InChI=1S/C13H17N3O3/c1-16(2)7-4-6-14-13(17)10-9-12(19-15-10)11-5-3-8-18-11/h3,5,8-9H,4,6-7H2,1-2H3,(H,14,17). The summed E-state index contributed by atoms with van der Waals surface area (Å²) in [6, 6.07) is 5.07. The molecule has 6 nitrogen and oxygen atoms in total. The second-order valence-corrected chi connectivity index (χ2v) is 4.47. The quantitative estimate of drug-likeness (QED) is 0.802. The predicted molar refractivity (Wildman–Crippen MR) is 69.7 cm³/mol. The van der Waals surface area contributed by atoms with Crippen molar-refractivity contribution < 1.29 is 13.7 Å². The molecular formula is C13H17N3O3. The van der Waals surface area contributed by atoms with Crippen molar-refractivity contribution in [3.05, 3.63) is 30.2 Å². The van der Waals surface area contributed by atoms with Gasteiger partial charge in [-0.3, -0.25) is 4.79 Å². The Hall–Kier alpha value is -2.08. The minimum absolute atomic E-state index is 0.236. The van der Waals surface area contributed by atoms with Crippen LogP contribution in [0, 0.1) is 0 Å². The summed E-state index contributed by atoms with van der Waals surface area (Å²) < 4.78 is 10.2. The molecule has 1 N–H and O–H groups in total. The summed E-state index contributed by atoms with van der Waals surface area (Å²) in [6.07, 6.45) is 2.43. The smallest absolute Gasteiger partial charge is 0.273 e. The van der Waals surface area contributed by atoms with E-state index in [4.69, 9.17) is 8.94 Å². The van der Waals surface area contributed by atoms with Gasteiger partial charge in [0.1, 0.15) is 0 Å². The minimum Gasteiger partial charge on any atom is -0.461 e. The molecule has 102 valence electrons. The highest BCUT2D eigenvalue weighted by Gasteiger charge is 2.14. The van der Waals surface area contributed by atoms with Gasteiger partial charge in [0.15, 0.2) is 11.5 Å². The summed E-state index contributed by atoms with van der Waals surface area (Å²) in [5.41, 5.74) is 0.260. The van der Waals surface area contributed by atoms with Crippen LogP contribution in [0.2, 0.25) is 0 Å².